The van der Waals surface area contributed by atoms with Crippen LogP contribution in [-0.2, 0) is 4.79 Å². The van der Waals surface area contributed by atoms with E-state index in [0.717, 1.165) is 19.4 Å². The van der Waals surface area contributed by atoms with Crippen molar-refractivity contribution in [2.75, 3.05) is 20.1 Å². The Balaban J connectivity index is 2.47. The van der Waals surface area contributed by atoms with Crippen molar-refractivity contribution < 1.29 is 4.79 Å². The minimum Gasteiger partial charge on any atom is -0.343 e. The van der Waals surface area contributed by atoms with Crippen LogP contribution in [0.1, 0.15) is 26.7 Å². The molecule has 3 unspecified atom stereocenters. The first-order valence-corrected chi connectivity index (χ1v) is 5.92. The van der Waals surface area contributed by atoms with Gasteiger partial charge in [-0.15, -0.1) is 0 Å². The van der Waals surface area contributed by atoms with E-state index in [2.05, 4.69) is 18.3 Å². The van der Waals surface area contributed by atoms with Gasteiger partial charge < -0.3 is 10.2 Å². The Morgan fingerprint density at radius 2 is 2.38 bits per heavy atom. The van der Waals surface area contributed by atoms with Crippen LogP contribution < -0.4 is 5.32 Å². The quantitative estimate of drug-likeness (QED) is 0.776. The van der Waals surface area contributed by atoms with Gasteiger partial charge in [-0.25, -0.2) is 0 Å². The number of carbonyl (C=O) groups is 1. The number of hydrogen-bond donors (Lipinski definition) is 1. The highest BCUT2D eigenvalue weighted by Gasteiger charge is 2.27. The van der Waals surface area contributed by atoms with Gasteiger partial charge in [0.25, 0.3) is 0 Å². The average molecular weight is 223 g/mol. The van der Waals surface area contributed by atoms with Gasteiger partial charge in [-0.05, 0) is 32.2 Å². The Morgan fingerprint density at radius 1 is 1.69 bits per heavy atom. The van der Waals surface area contributed by atoms with E-state index in [1.807, 2.05) is 6.92 Å². The molecule has 1 aliphatic rings. The van der Waals surface area contributed by atoms with E-state index in [9.17, 15) is 4.79 Å². The van der Waals surface area contributed by atoms with Crippen LogP contribution in [0.15, 0.2) is 0 Å². The van der Waals surface area contributed by atoms with E-state index < -0.39 is 0 Å². The van der Waals surface area contributed by atoms with Crippen LogP contribution in [-0.4, -0.2) is 37.0 Å². The first-order chi connectivity index (χ1) is 7.54. The summed E-state index contributed by atoms with van der Waals surface area (Å²) in [5, 5.41) is 12.0. The van der Waals surface area contributed by atoms with Crippen molar-refractivity contribution in [1.29, 1.82) is 5.26 Å². The lowest BCUT2D eigenvalue weighted by molar-refractivity contribution is -0.133. The lowest BCUT2D eigenvalue weighted by Crippen LogP contribution is -2.49. The first kappa shape index (κ1) is 13.0. The smallest absolute Gasteiger partial charge is 0.239 e. The highest BCUT2D eigenvalue weighted by Crippen LogP contribution is 2.16. The second-order valence-electron chi connectivity index (χ2n) is 4.89. The number of likely N-dealkylation sites (N-methyl/N-ethyl adjacent to an activating group) is 1. The van der Waals surface area contributed by atoms with E-state index >= 15 is 0 Å². The van der Waals surface area contributed by atoms with Crippen LogP contribution in [0.25, 0.3) is 0 Å². The maximum atomic E-state index is 12.0. The normalized spacial score (nSPS) is 26.9. The Hall–Kier alpha value is -1.08. The average Bonchev–Trinajstić information content (AvgIpc) is 2.27. The molecule has 4 heteroatoms. The number of nitrogens with zero attached hydrogens (tertiary/aromatic N) is 2. The van der Waals surface area contributed by atoms with E-state index in [0.29, 0.717) is 12.5 Å². The summed E-state index contributed by atoms with van der Waals surface area (Å²) in [6.45, 7) is 5.45. The van der Waals surface area contributed by atoms with Crippen LogP contribution in [0, 0.1) is 23.2 Å². The van der Waals surface area contributed by atoms with Crippen LogP contribution in [0.5, 0.6) is 0 Å². The van der Waals surface area contributed by atoms with Crippen molar-refractivity contribution in [3.05, 3.63) is 0 Å². The van der Waals surface area contributed by atoms with Crippen LogP contribution in [0.2, 0.25) is 0 Å². The fraction of sp³-hybridized carbons (Fsp3) is 0.833. The third-order valence-corrected chi connectivity index (χ3v) is 3.11. The summed E-state index contributed by atoms with van der Waals surface area (Å²) < 4.78 is 0. The van der Waals surface area contributed by atoms with Crippen molar-refractivity contribution in [2.45, 2.75) is 32.7 Å². The third kappa shape index (κ3) is 3.49. The summed E-state index contributed by atoms with van der Waals surface area (Å²) >= 11 is 0. The van der Waals surface area contributed by atoms with Gasteiger partial charge in [0.1, 0.15) is 0 Å². The monoisotopic (exact) mass is 223 g/mol. The first-order valence-electron chi connectivity index (χ1n) is 5.92. The fourth-order valence-corrected chi connectivity index (χ4v) is 2.10. The molecule has 4 nitrogen and oxygen atoms in total. The number of hydrogen-bond acceptors (Lipinski definition) is 3. The zero-order valence-corrected chi connectivity index (χ0v) is 10.4. The number of rotatable bonds is 3. The zero-order valence-electron chi connectivity index (χ0n) is 10.4. The molecule has 3 atom stereocenters. The summed E-state index contributed by atoms with van der Waals surface area (Å²) in [5.41, 5.74) is 0. The standard InChI is InChI=1S/C12H21N3O/c1-9-4-5-14-11(6-9)12(16)15(3)8-10(2)7-13/h9-11,14H,4-6,8H2,1-3H3. The van der Waals surface area contributed by atoms with Gasteiger partial charge in [-0.1, -0.05) is 6.92 Å². The van der Waals surface area contributed by atoms with Gasteiger partial charge >= 0.3 is 0 Å². The molecule has 90 valence electrons. The molecule has 1 rings (SSSR count). The molecular formula is C12H21N3O. The Labute approximate surface area is 97.6 Å². The number of amides is 1. The van der Waals surface area contributed by atoms with Gasteiger partial charge in [-0.2, -0.15) is 5.26 Å². The number of piperidine rings is 1. The minimum absolute atomic E-state index is 0.0559. The molecule has 1 aliphatic heterocycles. The summed E-state index contributed by atoms with van der Waals surface area (Å²) in [5.74, 6) is 0.626. The second-order valence-corrected chi connectivity index (χ2v) is 4.89. The van der Waals surface area contributed by atoms with Crippen molar-refractivity contribution in [3.63, 3.8) is 0 Å². The summed E-state index contributed by atoms with van der Waals surface area (Å²) in [4.78, 5) is 13.7. The van der Waals surface area contributed by atoms with Crippen LogP contribution in [0.4, 0.5) is 0 Å². The maximum Gasteiger partial charge on any atom is 0.239 e. The molecule has 0 bridgehead atoms. The van der Waals surface area contributed by atoms with Crippen LogP contribution in [0.3, 0.4) is 0 Å². The molecule has 1 N–H and O–H groups in total. The van der Waals surface area contributed by atoms with E-state index in [-0.39, 0.29) is 17.9 Å². The van der Waals surface area contributed by atoms with Crippen molar-refractivity contribution >= 4 is 5.91 Å². The fourth-order valence-electron chi connectivity index (χ4n) is 2.10. The molecule has 0 spiro atoms. The van der Waals surface area contributed by atoms with Gasteiger partial charge in [0.05, 0.1) is 18.0 Å². The van der Waals surface area contributed by atoms with E-state index in [1.54, 1.807) is 11.9 Å². The van der Waals surface area contributed by atoms with Crippen molar-refractivity contribution in [2.24, 2.45) is 11.8 Å². The van der Waals surface area contributed by atoms with Crippen molar-refractivity contribution in [1.82, 2.24) is 10.2 Å². The molecule has 0 aromatic rings. The molecule has 0 aromatic carbocycles. The SMILES string of the molecule is CC(C#N)CN(C)C(=O)C1CC(C)CCN1. The van der Waals surface area contributed by atoms with Crippen molar-refractivity contribution in [3.8, 4) is 6.07 Å². The molecule has 16 heavy (non-hydrogen) atoms. The van der Waals surface area contributed by atoms with E-state index in [4.69, 9.17) is 5.26 Å². The van der Waals surface area contributed by atoms with Gasteiger partial charge in [-0.3, -0.25) is 4.79 Å². The summed E-state index contributed by atoms with van der Waals surface area (Å²) in [7, 11) is 1.77. The molecule has 0 aromatic heterocycles. The van der Waals surface area contributed by atoms with E-state index in [1.165, 1.54) is 0 Å². The Bertz CT molecular complexity index is 284. The molecular weight excluding hydrogens is 202 g/mol. The lowest BCUT2D eigenvalue weighted by Gasteiger charge is -2.30. The van der Waals surface area contributed by atoms with Gasteiger partial charge in [0.2, 0.25) is 5.91 Å². The highest BCUT2D eigenvalue weighted by molar-refractivity contribution is 5.81. The predicted octanol–water partition coefficient (Wildman–Crippen LogP) is 0.993. The summed E-state index contributed by atoms with van der Waals surface area (Å²) in [6, 6.07) is 2.09. The largest absolute Gasteiger partial charge is 0.343 e. The second kappa shape index (κ2) is 5.86. The molecule has 0 radical (unpaired) electrons. The predicted molar refractivity (Wildman–Crippen MR) is 62.6 cm³/mol. The Kier molecular flexibility index (Phi) is 4.75. The zero-order chi connectivity index (χ0) is 12.1. The minimum atomic E-state index is -0.102. The highest BCUT2D eigenvalue weighted by atomic mass is 16.2. The number of nitriles is 1. The van der Waals surface area contributed by atoms with Gasteiger partial charge in [0, 0.05) is 13.6 Å². The number of nitrogens with one attached hydrogen (secondary N) is 1. The maximum absolute atomic E-state index is 12.0. The van der Waals surface area contributed by atoms with Crippen LogP contribution >= 0.6 is 0 Å². The summed E-state index contributed by atoms with van der Waals surface area (Å²) in [6.07, 6.45) is 2.05. The molecule has 0 aliphatic carbocycles. The molecule has 1 heterocycles. The molecule has 1 fully saturated rings. The third-order valence-electron chi connectivity index (χ3n) is 3.11. The molecule has 0 saturated carbocycles. The van der Waals surface area contributed by atoms with Gasteiger partial charge in [0.15, 0.2) is 0 Å². The molecule has 1 saturated heterocycles. The topological polar surface area (TPSA) is 56.1 Å². The Morgan fingerprint density at radius 3 is 2.94 bits per heavy atom. The molecule has 1 amide bonds. The number of carbonyl (C=O) groups excluding carboxylic acids is 1. The lowest BCUT2D eigenvalue weighted by atomic mass is 9.93.